The Bertz CT molecular complexity index is 439. The van der Waals surface area contributed by atoms with Crippen molar-refractivity contribution >= 4 is 17.3 Å². The molecule has 1 fully saturated rings. The summed E-state index contributed by atoms with van der Waals surface area (Å²) in [6.07, 6.45) is 0.946. The molecule has 1 aliphatic heterocycles. The third-order valence-corrected chi connectivity index (χ3v) is 3.18. The van der Waals surface area contributed by atoms with E-state index in [0.29, 0.717) is 17.1 Å². The number of nitro benzene ring substituents is 1. The Morgan fingerprint density at radius 1 is 1.59 bits per heavy atom. The van der Waals surface area contributed by atoms with Crippen molar-refractivity contribution in [2.24, 2.45) is 5.73 Å². The highest BCUT2D eigenvalue weighted by atomic mass is 35.5. The van der Waals surface area contributed by atoms with E-state index in [0.717, 1.165) is 19.5 Å². The number of benzene rings is 1. The fourth-order valence-electron chi connectivity index (χ4n) is 2.09. The molecular weight excluding hydrogens is 242 g/mol. The first-order valence-electron chi connectivity index (χ1n) is 5.47. The van der Waals surface area contributed by atoms with E-state index in [9.17, 15) is 10.1 Å². The molecule has 0 spiro atoms. The molecule has 1 atom stereocenters. The van der Waals surface area contributed by atoms with Crippen molar-refractivity contribution in [1.29, 1.82) is 0 Å². The smallest absolute Gasteiger partial charge is 0.275 e. The topological polar surface area (TPSA) is 72.4 Å². The van der Waals surface area contributed by atoms with Crippen LogP contribution in [0.25, 0.3) is 0 Å². The van der Waals surface area contributed by atoms with Gasteiger partial charge in [0.05, 0.1) is 4.92 Å². The molecule has 1 heterocycles. The van der Waals surface area contributed by atoms with Gasteiger partial charge in [-0.15, -0.1) is 0 Å². The minimum atomic E-state index is -0.392. The van der Waals surface area contributed by atoms with Gasteiger partial charge in [-0.05, 0) is 18.6 Å². The molecule has 5 nitrogen and oxygen atoms in total. The van der Waals surface area contributed by atoms with Crippen LogP contribution >= 0.6 is 11.6 Å². The van der Waals surface area contributed by atoms with Gasteiger partial charge >= 0.3 is 0 Å². The third-order valence-electron chi connectivity index (χ3n) is 2.95. The van der Waals surface area contributed by atoms with Crippen molar-refractivity contribution in [3.8, 4) is 0 Å². The average Bonchev–Trinajstić information content (AvgIpc) is 2.66. The molecule has 0 saturated carbocycles. The second kappa shape index (κ2) is 5.00. The van der Waals surface area contributed by atoms with Gasteiger partial charge in [-0.2, -0.15) is 0 Å². The first kappa shape index (κ1) is 12.3. The summed E-state index contributed by atoms with van der Waals surface area (Å²) in [7, 11) is 0. The highest BCUT2D eigenvalue weighted by Crippen LogP contribution is 2.25. The normalized spacial score (nSPS) is 20.7. The van der Waals surface area contributed by atoms with Gasteiger partial charge in [-0.25, -0.2) is 0 Å². The molecule has 1 aliphatic rings. The quantitative estimate of drug-likeness (QED) is 0.660. The molecule has 1 saturated heterocycles. The van der Waals surface area contributed by atoms with Crippen LogP contribution in [0.4, 0.5) is 5.69 Å². The van der Waals surface area contributed by atoms with Crippen molar-refractivity contribution in [3.05, 3.63) is 38.9 Å². The minimum Gasteiger partial charge on any atom is -0.326 e. The molecule has 2 N–H and O–H groups in total. The predicted octanol–water partition coefficient (Wildman–Crippen LogP) is 1.78. The van der Waals surface area contributed by atoms with Crippen LogP contribution in [0.5, 0.6) is 0 Å². The first-order chi connectivity index (χ1) is 8.06. The van der Waals surface area contributed by atoms with Gasteiger partial charge < -0.3 is 5.73 Å². The van der Waals surface area contributed by atoms with Gasteiger partial charge in [0.1, 0.15) is 0 Å². The van der Waals surface area contributed by atoms with Crippen LogP contribution in [0.1, 0.15) is 12.0 Å². The van der Waals surface area contributed by atoms with Crippen molar-refractivity contribution in [3.63, 3.8) is 0 Å². The number of hydrogen-bond donors (Lipinski definition) is 1. The van der Waals surface area contributed by atoms with Crippen LogP contribution in [-0.4, -0.2) is 29.0 Å². The molecule has 1 aromatic carbocycles. The van der Waals surface area contributed by atoms with Crippen LogP contribution in [-0.2, 0) is 6.54 Å². The minimum absolute atomic E-state index is 0.0815. The van der Waals surface area contributed by atoms with E-state index in [2.05, 4.69) is 4.90 Å². The number of likely N-dealkylation sites (tertiary alicyclic amines) is 1. The van der Waals surface area contributed by atoms with E-state index in [1.165, 1.54) is 6.07 Å². The molecule has 2 rings (SSSR count). The zero-order chi connectivity index (χ0) is 12.4. The molecule has 0 aliphatic carbocycles. The first-order valence-corrected chi connectivity index (χ1v) is 5.85. The van der Waals surface area contributed by atoms with E-state index < -0.39 is 4.92 Å². The Morgan fingerprint density at radius 3 is 2.94 bits per heavy atom. The maximum Gasteiger partial charge on any atom is 0.275 e. The van der Waals surface area contributed by atoms with E-state index in [1.54, 1.807) is 12.1 Å². The van der Waals surface area contributed by atoms with Crippen molar-refractivity contribution < 1.29 is 4.92 Å². The van der Waals surface area contributed by atoms with Crippen molar-refractivity contribution in [2.45, 2.75) is 19.0 Å². The number of nitrogens with two attached hydrogens (primary N) is 1. The Morgan fingerprint density at radius 2 is 2.35 bits per heavy atom. The Balaban J connectivity index is 2.17. The predicted molar refractivity (Wildman–Crippen MR) is 66.0 cm³/mol. The molecule has 0 aromatic heterocycles. The maximum atomic E-state index is 10.9. The zero-order valence-corrected chi connectivity index (χ0v) is 10.1. The van der Waals surface area contributed by atoms with Crippen molar-refractivity contribution in [2.75, 3.05) is 13.1 Å². The zero-order valence-electron chi connectivity index (χ0n) is 9.30. The summed E-state index contributed by atoms with van der Waals surface area (Å²) in [6.45, 7) is 2.24. The van der Waals surface area contributed by atoms with E-state index in [4.69, 9.17) is 17.3 Å². The lowest BCUT2D eigenvalue weighted by molar-refractivity contribution is -0.385. The van der Waals surface area contributed by atoms with Gasteiger partial charge in [0.15, 0.2) is 0 Å². The van der Waals surface area contributed by atoms with Crippen LogP contribution < -0.4 is 5.73 Å². The summed E-state index contributed by atoms with van der Waals surface area (Å²) >= 11 is 5.76. The number of rotatable bonds is 3. The lowest BCUT2D eigenvalue weighted by Gasteiger charge is -2.15. The van der Waals surface area contributed by atoms with Crippen LogP contribution in [0.2, 0.25) is 5.02 Å². The number of hydrogen-bond acceptors (Lipinski definition) is 4. The maximum absolute atomic E-state index is 10.9. The molecule has 92 valence electrons. The van der Waals surface area contributed by atoms with Crippen LogP contribution in [0, 0.1) is 10.1 Å². The average molecular weight is 256 g/mol. The Labute approximate surface area is 104 Å². The molecule has 0 radical (unpaired) electrons. The summed E-state index contributed by atoms with van der Waals surface area (Å²) in [5, 5.41) is 11.3. The molecular formula is C11H14ClN3O2. The third kappa shape index (κ3) is 2.94. The molecule has 0 bridgehead atoms. The molecule has 17 heavy (non-hydrogen) atoms. The summed E-state index contributed by atoms with van der Waals surface area (Å²) < 4.78 is 0. The lowest BCUT2D eigenvalue weighted by atomic mass is 10.1. The van der Waals surface area contributed by atoms with Crippen molar-refractivity contribution in [1.82, 2.24) is 4.90 Å². The van der Waals surface area contributed by atoms with E-state index >= 15 is 0 Å². The molecule has 6 heteroatoms. The van der Waals surface area contributed by atoms with Crippen LogP contribution in [0.3, 0.4) is 0 Å². The monoisotopic (exact) mass is 255 g/mol. The number of nitrogens with zero attached hydrogens (tertiary/aromatic N) is 2. The molecule has 0 unspecified atom stereocenters. The standard InChI is InChI=1S/C11H14ClN3O2/c12-9-2-1-8(11(5-9)15(16)17)6-14-4-3-10(13)7-14/h1-2,5,10H,3-4,6-7,13H2/t10-/m0/s1. The lowest BCUT2D eigenvalue weighted by Crippen LogP contribution is -2.26. The van der Waals surface area contributed by atoms with Crippen LogP contribution in [0.15, 0.2) is 18.2 Å². The van der Waals surface area contributed by atoms with Gasteiger partial charge in [-0.1, -0.05) is 11.6 Å². The highest BCUT2D eigenvalue weighted by molar-refractivity contribution is 6.30. The van der Waals surface area contributed by atoms with E-state index in [-0.39, 0.29) is 11.7 Å². The fourth-order valence-corrected chi connectivity index (χ4v) is 2.25. The number of nitro groups is 1. The SMILES string of the molecule is N[C@H]1CCN(Cc2ccc(Cl)cc2[N+](=O)[O-])C1. The fraction of sp³-hybridized carbons (Fsp3) is 0.455. The summed E-state index contributed by atoms with van der Waals surface area (Å²) in [4.78, 5) is 12.7. The van der Waals surface area contributed by atoms with Gasteiger partial charge in [-0.3, -0.25) is 15.0 Å². The Kier molecular flexibility index (Phi) is 3.61. The second-order valence-corrected chi connectivity index (χ2v) is 4.75. The highest BCUT2D eigenvalue weighted by Gasteiger charge is 2.22. The van der Waals surface area contributed by atoms with E-state index in [1.807, 2.05) is 0 Å². The summed E-state index contributed by atoms with van der Waals surface area (Å²) in [5.41, 5.74) is 6.57. The largest absolute Gasteiger partial charge is 0.326 e. The van der Waals surface area contributed by atoms with Gasteiger partial charge in [0, 0.05) is 42.3 Å². The Hall–Kier alpha value is -1.17. The summed E-state index contributed by atoms with van der Waals surface area (Å²) in [5.74, 6) is 0. The number of halogens is 1. The molecule has 1 aromatic rings. The second-order valence-electron chi connectivity index (χ2n) is 4.31. The molecule has 0 amide bonds. The summed E-state index contributed by atoms with van der Waals surface area (Å²) in [6, 6.07) is 4.97. The van der Waals surface area contributed by atoms with Gasteiger partial charge in [0.25, 0.3) is 5.69 Å². The van der Waals surface area contributed by atoms with Gasteiger partial charge in [0.2, 0.25) is 0 Å².